The molecule has 0 spiro atoms. The number of carbonyl (C=O) groups excluding carboxylic acids is 2. The van der Waals surface area contributed by atoms with Gasteiger partial charge in [-0.25, -0.2) is 8.42 Å². The summed E-state index contributed by atoms with van der Waals surface area (Å²) >= 11 is 0. The minimum absolute atomic E-state index is 0.0721. The second kappa shape index (κ2) is 8.14. The van der Waals surface area contributed by atoms with Gasteiger partial charge < -0.3 is 10.6 Å². The van der Waals surface area contributed by atoms with Crippen molar-refractivity contribution in [1.29, 1.82) is 0 Å². The molecule has 0 saturated carbocycles. The normalized spacial score (nSPS) is 11.2. The summed E-state index contributed by atoms with van der Waals surface area (Å²) in [5.74, 6) is -0.493. The molecular weight excluding hydrogens is 352 g/mol. The molecule has 0 aliphatic rings. The Morgan fingerprint density at radius 2 is 1.69 bits per heavy atom. The van der Waals surface area contributed by atoms with Crippen LogP contribution < -0.4 is 10.6 Å². The van der Waals surface area contributed by atoms with E-state index in [1.54, 1.807) is 18.2 Å². The van der Waals surface area contributed by atoms with Gasteiger partial charge in [-0.1, -0.05) is 26.0 Å². The van der Waals surface area contributed by atoms with E-state index in [1.165, 1.54) is 24.3 Å². The Morgan fingerprint density at radius 3 is 2.27 bits per heavy atom. The summed E-state index contributed by atoms with van der Waals surface area (Å²) in [4.78, 5) is 24.1. The summed E-state index contributed by atoms with van der Waals surface area (Å²) in [6.07, 6.45) is 1.12. The highest BCUT2D eigenvalue weighted by atomic mass is 32.2. The van der Waals surface area contributed by atoms with E-state index in [-0.39, 0.29) is 29.2 Å². The van der Waals surface area contributed by atoms with Crippen molar-refractivity contribution in [2.24, 2.45) is 5.92 Å². The topological polar surface area (TPSA) is 92.3 Å². The minimum atomic E-state index is -3.29. The molecule has 2 aromatic carbocycles. The lowest BCUT2D eigenvalue weighted by atomic mass is 10.1. The summed E-state index contributed by atoms with van der Waals surface area (Å²) < 4.78 is 22.9. The Kier molecular flexibility index (Phi) is 6.15. The van der Waals surface area contributed by atoms with Crippen LogP contribution in [0.25, 0.3) is 0 Å². The molecule has 0 fully saturated rings. The number of hydrogen-bond acceptors (Lipinski definition) is 4. The Balaban J connectivity index is 2.00. The first kappa shape index (κ1) is 19.7. The molecule has 0 aromatic heterocycles. The van der Waals surface area contributed by atoms with Crippen LogP contribution in [0.3, 0.4) is 0 Å². The van der Waals surface area contributed by atoms with Crippen molar-refractivity contribution in [3.05, 3.63) is 59.7 Å². The molecule has 0 bridgehead atoms. The van der Waals surface area contributed by atoms with Crippen molar-refractivity contribution in [3.8, 4) is 0 Å². The zero-order chi connectivity index (χ0) is 19.3. The number of amides is 2. The average Bonchev–Trinajstić information content (AvgIpc) is 2.59. The highest BCUT2D eigenvalue weighted by Crippen LogP contribution is 2.13. The maximum atomic E-state index is 12.2. The van der Waals surface area contributed by atoms with Gasteiger partial charge in [-0.15, -0.1) is 0 Å². The van der Waals surface area contributed by atoms with Gasteiger partial charge in [-0.3, -0.25) is 9.59 Å². The fourth-order valence-electron chi connectivity index (χ4n) is 2.18. The second-order valence-electron chi connectivity index (χ2n) is 6.32. The standard InChI is InChI=1S/C19H22N2O4S/c1-13(2)18(22)21-16-6-4-5-14(11-16)12-20-19(23)15-7-9-17(10-8-15)26(3,24)25/h4-11,13H,12H2,1-3H3,(H,20,23)(H,21,22). The van der Waals surface area contributed by atoms with Gasteiger partial charge in [-0.2, -0.15) is 0 Å². The quantitative estimate of drug-likeness (QED) is 0.813. The molecule has 2 N–H and O–H groups in total. The van der Waals surface area contributed by atoms with Gasteiger partial charge in [-0.05, 0) is 42.0 Å². The van der Waals surface area contributed by atoms with Crippen molar-refractivity contribution in [2.45, 2.75) is 25.3 Å². The van der Waals surface area contributed by atoms with Crippen LogP contribution in [0, 0.1) is 5.92 Å². The number of benzene rings is 2. The lowest BCUT2D eigenvalue weighted by Crippen LogP contribution is -2.23. The van der Waals surface area contributed by atoms with E-state index in [0.717, 1.165) is 11.8 Å². The zero-order valence-corrected chi connectivity index (χ0v) is 15.8. The van der Waals surface area contributed by atoms with E-state index in [9.17, 15) is 18.0 Å². The first-order valence-corrected chi connectivity index (χ1v) is 10.0. The lowest BCUT2D eigenvalue weighted by Gasteiger charge is -2.10. The monoisotopic (exact) mass is 374 g/mol. The highest BCUT2D eigenvalue weighted by molar-refractivity contribution is 7.90. The number of anilines is 1. The summed E-state index contributed by atoms with van der Waals surface area (Å²) in [7, 11) is -3.29. The molecule has 2 aromatic rings. The maximum Gasteiger partial charge on any atom is 0.251 e. The molecule has 26 heavy (non-hydrogen) atoms. The van der Waals surface area contributed by atoms with Crippen LogP contribution >= 0.6 is 0 Å². The Morgan fingerprint density at radius 1 is 1.04 bits per heavy atom. The van der Waals surface area contributed by atoms with E-state index in [0.29, 0.717) is 11.3 Å². The highest BCUT2D eigenvalue weighted by Gasteiger charge is 2.10. The van der Waals surface area contributed by atoms with Crippen LogP contribution in [-0.2, 0) is 21.2 Å². The minimum Gasteiger partial charge on any atom is -0.348 e. The van der Waals surface area contributed by atoms with Crippen LogP contribution in [0.4, 0.5) is 5.69 Å². The molecular formula is C19H22N2O4S. The molecule has 0 atom stereocenters. The predicted molar refractivity (Wildman–Crippen MR) is 101 cm³/mol. The lowest BCUT2D eigenvalue weighted by molar-refractivity contribution is -0.118. The third kappa shape index (κ3) is 5.42. The van der Waals surface area contributed by atoms with Gasteiger partial charge in [0.1, 0.15) is 0 Å². The molecule has 138 valence electrons. The SMILES string of the molecule is CC(C)C(=O)Nc1cccc(CNC(=O)c2ccc(S(C)(=O)=O)cc2)c1. The maximum absolute atomic E-state index is 12.2. The molecule has 6 nitrogen and oxygen atoms in total. The van der Waals surface area contributed by atoms with Gasteiger partial charge in [0, 0.05) is 30.0 Å². The Hall–Kier alpha value is -2.67. The largest absolute Gasteiger partial charge is 0.348 e. The fraction of sp³-hybridized carbons (Fsp3) is 0.263. The molecule has 0 aliphatic carbocycles. The van der Waals surface area contributed by atoms with Crippen LogP contribution in [0.15, 0.2) is 53.4 Å². The predicted octanol–water partition coefficient (Wildman–Crippen LogP) is 2.61. The first-order valence-electron chi connectivity index (χ1n) is 8.15. The van der Waals surface area contributed by atoms with Crippen LogP contribution in [0.1, 0.15) is 29.8 Å². The number of hydrogen-bond donors (Lipinski definition) is 2. The van der Waals surface area contributed by atoms with E-state index < -0.39 is 9.84 Å². The average molecular weight is 374 g/mol. The summed E-state index contributed by atoms with van der Waals surface area (Å²) in [5, 5.41) is 5.59. The van der Waals surface area contributed by atoms with Crippen molar-refractivity contribution in [1.82, 2.24) is 5.32 Å². The molecule has 2 amide bonds. The molecule has 0 unspecified atom stereocenters. The van der Waals surface area contributed by atoms with Crippen molar-refractivity contribution < 1.29 is 18.0 Å². The van der Waals surface area contributed by atoms with E-state index in [1.807, 2.05) is 19.9 Å². The third-order valence-corrected chi connectivity index (χ3v) is 4.85. The first-order chi connectivity index (χ1) is 12.2. The van der Waals surface area contributed by atoms with Gasteiger partial charge in [0.15, 0.2) is 9.84 Å². The van der Waals surface area contributed by atoms with Gasteiger partial charge in [0.05, 0.1) is 4.90 Å². The van der Waals surface area contributed by atoms with Gasteiger partial charge >= 0.3 is 0 Å². The van der Waals surface area contributed by atoms with Crippen molar-refractivity contribution >= 4 is 27.3 Å². The van der Waals surface area contributed by atoms with E-state index in [2.05, 4.69) is 10.6 Å². The molecule has 2 rings (SSSR count). The molecule has 0 heterocycles. The fourth-order valence-corrected chi connectivity index (χ4v) is 2.81. The summed E-state index contributed by atoms with van der Waals surface area (Å²) in [6.45, 7) is 3.92. The Bertz CT molecular complexity index is 903. The van der Waals surface area contributed by atoms with Gasteiger partial charge in [0.2, 0.25) is 5.91 Å². The number of rotatable bonds is 6. The van der Waals surface area contributed by atoms with Crippen LogP contribution in [-0.4, -0.2) is 26.5 Å². The Labute approximate surface area is 153 Å². The van der Waals surface area contributed by atoms with E-state index >= 15 is 0 Å². The molecule has 7 heteroatoms. The second-order valence-corrected chi connectivity index (χ2v) is 8.34. The molecule has 0 aliphatic heterocycles. The third-order valence-electron chi connectivity index (χ3n) is 3.72. The smallest absolute Gasteiger partial charge is 0.251 e. The molecule has 0 radical (unpaired) electrons. The van der Waals surface area contributed by atoms with Crippen molar-refractivity contribution in [2.75, 3.05) is 11.6 Å². The zero-order valence-electron chi connectivity index (χ0n) is 14.9. The number of sulfone groups is 1. The summed E-state index contributed by atoms with van der Waals surface area (Å²) in [5.41, 5.74) is 1.89. The molecule has 0 saturated heterocycles. The number of carbonyl (C=O) groups is 2. The number of nitrogens with one attached hydrogen (secondary N) is 2. The van der Waals surface area contributed by atoms with Gasteiger partial charge in [0.25, 0.3) is 5.91 Å². The van der Waals surface area contributed by atoms with Crippen LogP contribution in [0.5, 0.6) is 0 Å². The van der Waals surface area contributed by atoms with E-state index in [4.69, 9.17) is 0 Å². The van der Waals surface area contributed by atoms with Crippen LogP contribution in [0.2, 0.25) is 0 Å². The summed E-state index contributed by atoms with van der Waals surface area (Å²) in [6, 6.07) is 13.0. The van der Waals surface area contributed by atoms with Crippen molar-refractivity contribution in [3.63, 3.8) is 0 Å².